The van der Waals surface area contributed by atoms with Crippen molar-refractivity contribution in [1.82, 2.24) is 0 Å². The molecule has 0 radical (unpaired) electrons. The number of hydrogen-bond donors (Lipinski definition) is 2. The quantitative estimate of drug-likeness (QED) is 0.789. The molecule has 17 heavy (non-hydrogen) atoms. The molecule has 0 aliphatic heterocycles. The minimum Gasteiger partial charge on any atom is -0.478 e. The molecular weight excluding hydrogens is 246 g/mol. The normalized spacial score (nSPS) is 9.76. The number of esters is 1. The summed E-state index contributed by atoms with van der Waals surface area (Å²) in [4.78, 5) is 22.1. The lowest BCUT2D eigenvalue weighted by Gasteiger charge is -2.09. The molecule has 92 valence electrons. The molecule has 5 nitrogen and oxygen atoms in total. The zero-order chi connectivity index (χ0) is 12.8. The van der Waals surface area contributed by atoms with E-state index in [9.17, 15) is 9.59 Å². The highest BCUT2D eigenvalue weighted by molar-refractivity contribution is 6.34. The Morgan fingerprint density at radius 1 is 1.47 bits per heavy atom. The number of ether oxygens (including phenoxy) is 1. The van der Waals surface area contributed by atoms with Gasteiger partial charge >= 0.3 is 11.9 Å². The van der Waals surface area contributed by atoms with Crippen molar-refractivity contribution < 1.29 is 19.4 Å². The average Bonchev–Trinajstić information content (AvgIpc) is 2.26. The number of hydrogen-bond acceptors (Lipinski definition) is 4. The zero-order valence-corrected chi connectivity index (χ0v) is 9.95. The standard InChI is InChI=1S/C11H12ClNO4/c1-2-17-9(14)6-13-8-5-3-4-7(12)10(8)11(15)16/h3-5,13H,2,6H2,1H3,(H,15,16). The van der Waals surface area contributed by atoms with Gasteiger partial charge in [0.2, 0.25) is 0 Å². The van der Waals surface area contributed by atoms with Gasteiger partial charge in [-0.2, -0.15) is 0 Å². The number of rotatable bonds is 5. The molecule has 0 saturated carbocycles. The summed E-state index contributed by atoms with van der Waals surface area (Å²) >= 11 is 5.76. The summed E-state index contributed by atoms with van der Waals surface area (Å²) in [6.07, 6.45) is 0. The van der Waals surface area contributed by atoms with Crippen LogP contribution in [0.4, 0.5) is 5.69 Å². The van der Waals surface area contributed by atoms with Crippen LogP contribution >= 0.6 is 11.6 Å². The van der Waals surface area contributed by atoms with Gasteiger partial charge in [0.15, 0.2) is 0 Å². The Hall–Kier alpha value is -1.75. The van der Waals surface area contributed by atoms with E-state index in [-0.39, 0.29) is 29.4 Å². The number of aromatic carboxylic acids is 1. The summed E-state index contributed by atoms with van der Waals surface area (Å²) in [5.74, 6) is -1.61. The first kappa shape index (κ1) is 13.3. The molecule has 0 bridgehead atoms. The van der Waals surface area contributed by atoms with Crippen LogP contribution < -0.4 is 5.32 Å². The molecule has 0 spiro atoms. The second-order valence-corrected chi connectivity index (χ2v) is 3.53. The van der Waals surface area contributed by atoms with Crippen LogP contribution in [0.3, 0.4) is 0 Å². The Kier molecular flexibility index (Phi) is 4.78. The first-order valence-corrected chi connectivity index (χ1v) is 5.35. The van der Waals surface area contributed by atoms with E-state index in [1.165, 1.54) is 12.1 Å². The van der Waals surface area contributed by atoms with Crippen LogP contribution in [-0.4, -0.2) is 30.2 Å². The maximum Gasteiger partial charge on any atom is 0.339 e. The lowest BCUT2D eigenvalue weighted by Crippen LogP contribution is -2.18. The average molecular weight is 258 g/mol. The Bertz CT molecular complexity index is 433. The van der Waals surface area contributed by atoms with Crippen molar-refractivity contribution in [2.45, 2.75) is 6.92 Å². The zero-order valence-electron chi connectivity index (χ0n) is 9.20. The maximum absolute atomic E-state index is 11.1. The monoisotopic (exact) mass is 257 g/mol. The van der Waals surface area contributed by atoms with Gasteiger partial charge in [0.25, 0.3) is 0 Å². The summed E-state index contributed by atoms with van der Waals surface area (Å²) in [6.45, 7) is 1.87. The van der Waals surface area contributed by atoms with E-state index in [0.717, 1.165) is 0 Å². The van der Waals surface area contributed by atoms with Crippen molar-refractivity contribution in [3.05, 3.63) is 28.8 Å². The Morgan fingerprint density at radius 3 is 2.76 bits per heavy atom. The molecule has 1 aromatic carbocycles. The Balaban J connectivity index is 2.81. The van der Waals surface area contributed by atoms with Gasteiger partial charge in [-0.1, -0.05) is 17.7 Å². The smallest absolute Gasteiger partial charge is 0.339 e. The highest BCUT2D eigenvalue weighted by Crippen LogP contribution is 2.24. The van der Waals surface area contributed by atoms with Crippen molar-refractivity contribution >= 4 is 29.2 Å². The van der Waals surface area contributed by atoms with Crippen molar-refractivity contribution in [2.75, 3.05) is 18.5 Å². The highest BCUT2D eigenvalue weighted by atomic mass is 35.5. The summed E-state index contributed by atoms with van der Waals surface area (Å²) in [5.41, 5.74) is 0.233. The number of benzene rings is 1. The largest absolute Gasteiger partial charge is 0.478 e. The SMILES string of the molecule is CCOC(=O)CNc1cccc(Cl)c1C(=O)O. The maximum atomic E-state index is 11.1. The molecule has 0 saturated heterocycles. The van der Waals surface area contributed by atoms with Gasteiger partial charge in [0, 0.05) is 0 Å². The minimum absolute atomic E-state index is 0.0570. The van der Waals surface area contributed by atoms with E-state index in [4.69, 9.17) is 21.4 Å². The lowest BCUT2D eigenvalue weighted by atomic mass is 10.2. The minimum atomic E-state index is -1.15. The third kappa shape index (κ3) is 3.64. The van der Waals surface area contributed by atoms with Gasteiger partial charge in [-0.25, -0.2) is 4.79 Å². The Morgan fingerprint density at radius 2 is 2.18 bits per heavy atom. The van der Waals surface area contributed by atoms with Crippen LogP contribution in [0.2, 0.25) is 5.02 Å². The van der Waals surface area contributed by atoms with Crippen LogP contribution in [0.1, 0.15) is 17.3 Å². The molecule has 0 heterocycles. The number of carboxylic acid groups (broad SMARTS) is 1. The second-order valence-electron chi connectivity index (χ2n) is 3.13. The summed E-state index contributed by atoms with van der Waals surface area (Å²) in [6, 6.07) is 4.61. The predicted molar refractivity (Wildman–Crippen MR) is 63.5 cm³/mol. The van der Waals surface area contributed by atoms with Gasteiger partial charge in [-0.05, 0) is 19.1 Å². The van der Waals surface area contributed by atoms with E-state index in [1.807, 2.05) is 0 Å². The predicted octanol–water partition coefficient (Wildman–Crippen LogP) is 2.01. The first-order chi connectivity index (χ1) is 8.06. The number of carboxylic acids is 1. The fourth-order valence-corrected chi connectivity index (χ4v) is 1.52. The fraction of sp³-hybridized carbons (Fsp3) is 0.273. The molecule has 0 aliphatic rings. The number of nitrogens with one attached hydrogen (secondary N) is 1. The van der Waals surface area contributed by atoms with Crippen molar-refractivity contribution in [1.29, 1.82) is 0 Å². The fourth-order valence-electron chi connectivity index (χ4n) is 1.27. The number of halogens is 1. The van der Waals surface area contributed by atoms with Crippen molar-refractivity contribution in [3.8, 4) is 0 Å². The second kappa shape index (κ2) is 6.10. The molecule has 0 aromatic heterocycles. The molecule has 0 aliphatic carbocycles. The first-order valence-electron chi connectivity index (χ1n) is 4.97. The van der Waals surface area contributed by atoms with Crippen LogP contribution in [-0.2, 0) is 9.53 Å². The third-order valence-corrected chi connectivity index (χ3v) is 2.27. The van der Waals surface area contributed by atoms with E-state index < -0.39 is 11.9 Å². The van der Waals surface area contributed by atoms with Gasteiger partial charge in [-0.3, -0.25) is 4.79 Å². The van der Waals surface area contributed by atoms with Crippen LogP contribution in [0, 0.1) is 0 Å². The van der Waals surface area contributed by atoms with E-state index in [0.29, 0.717) is 0 Å². The van der Waals surface area contributed by atoms with Gasteiger partial charge in [0.1, 0.15) is 12.1 Å². The molecule has 0 atom stereocenters. The van der Waals surface area contributed by atoms with Gasteiger partial charge in [0.05, 0.1) is 17.3 Å². The molecule has 1 aromatic rings. The third-order valence-electron chi connectivity index (χ3n) is 1.96. The van der Waals surface area contributed by atoms with Crippen molar-refractivity contribution in [3.63, 3.8) is 0 Å². The molecule has 0 amide bonds. The van der Waals surface area contributed by atoms with Gasteiger partial charge < -0.3 is 15.2 Å². The number of anilines is 1. The van der Waals surface area contributed by atoms with Crippen molar-refractivity contribution in [2.24, 2.45) is 0 Å². The van der Waals surface area contributed by atoms with E-state index in [2.05, 4.69) is 5.32 Å². The molecule has 6 heteroatoms. The summed E-state index contributed by atoms with van der Waals surface area (Å²) in [5, 5.41) is 11.8. The molecule has 2 N–H and O–H groups in total. The van der Waals surface area contributed by atoms with Crippen LogP contribution in [0.25, 0.3) is 0 Å². The summed E-state index contributed by atoms with van der Waals surface area (Å²) in [7, 11) is 0. The number of carbonyl (C=O) groups is 2. The molecular formula is C11H12ClNO4. The van der Waals surface area contributed by atoms with Crippen LogP contribution in [0.5, 0.6) is 0 Å². The van der Waals surface area contributed by atoms with E-state index >= 15 is 0 Å². The highest BCUT2D eigenvalue weighted by Gasteiger charge is 2.14. The molecule has 0 unspecified atom stereocenters. The van der Waals surface area contributed by atoms with Gasteiger partial charge in [-0.15, -0.1) is 0 Å². The summed E-state index contributed by atoms with van der Waals surface area (Å²) < 4.78 is 4.71. The lowest BCUT2D eigenvalue weighted by molar-refractivity contribution is -0.140. The molecule has 1 rings (SSSR count). The number of carbonyl (C=O) groups excluding carboxylic acids is 1. The van der Waals surface area contributed by atoms with E-state index in [1.54, 1.807) is 13.0 Å². The topological polar surface area (TPSA) is 75.6 Å². The Labute approximate surface area is 103 Å². The molecule has 0 fully saturated rings. The van der Waals surface area contributed by atoms with Crippen LogP contribution in [0.15, 0.2) is 18.2 Å².